The van der Waals surface area contributed by atoms with Crippen molar-refractivity contribution < 1.29 is 9.47 Å². The standard InChI is InChI=1S/C16H19NO2S/c1-18-14-5-7-15(8-6-14)19-12-11-17-13-3-9-16(20-2)10-4-13/h3-10,17H,11-12H2,1-2H3. The van der Waals surface area contributed by atoms with Crippen LogP contribution in [-0.4, -0.2) is 26.5 Å². The molecule has 0 unspecified atom stereocenters. The molecule has 0 amide bonds. The van der Waals surface area contributed by atoms with Crippen LogP contribution in [0.5, 0.6) is 11.5 Å². The van der Waals surface area contributed by atoms with Crippen molar-refractivity contribution >= 4 is 17.4 Å². The molecule has 0 saturated carbocycles. The van der Waals surface area contributed by atoms with Gasteiger partial charge in [-0.05, 0) is 54.8 Å². The van der Waals surface area contributed by atoms with E-state index in [0.29, 0.717) is 6.61 Å². The zero-order valence-corrected chi connectivity index (χ0v) is 12.6. The third kappa shape index (κ3) is 4.38. The molecule has 0 saturated heterocycles. The molecule has 0 spiro atoms. The first-order valence-electron chi connectivity index (χ1n) is 6.46. The van der Waals surface area contributed by atoms with E-state index in [0.717, 1.165) is 23.7 Å². The summed E-state index contributed by atoms with van der Waals surface area (Å²) in [5, 5.41) is 3.33. The number of benzene rings is 2. The highest BCUT2D eigenvalue weighted by molar-refractivity contribution is 7.98. The van der Waals surface area contributed by atoms with Crippen LogP contribution in [0.2, 0.25) is 0 Å². The summed E-state index contributed by atoms with van der Waals surface area (Å²) >= 11 is 1.74. The molecule has 0 bridgehead atoms. The first kappa shape index (κ1) is 14.6. The van der Waals surface area contributed by atoms with E-state index in [1.165, 1.54) is 4.90 Å². The number of anilines is 1. The van der Waals surface area contributed by atoms with Crippen molar-refractivity contribution in [3.8, 4) is 11.5 Å². The van der Waals surface area contributed by atoms with Crippen LogP contribution in [0.4, 0.5) is 5.69 Å². The zero-order valence-electron chi connectivity index (χ0n) is 11.8. The van der Waals surface area contributed by atoms with E-state index in [4.69, 9.17) is 9.47 Å². The molecule has 3 nitrogen and oxygen atoms in total. The summed E-state index contributed by atoms with van der Waals surface area (Å²) in [5.74, 6) is 1.69. The van der Waals surface area contributed by atoms with Crippen LogP contribution in [0.1, 0.15) is 0 Å². The van der Waals surface area contributed by atoms with Gasteiger partial charge in [-0.25, -0.2) is 0 Å². The minimum atomic E-state index is 0.622. The molecular formula is C16H19NO2S. The maximum absolute atomic E-state index is 5.65. The quantitative estimate of drug-likeness (QED) is 0.618. The van der Waals surface area contributed by atoms with Crippen molar-refractivity contribution in [2.75, 3.05) is 31.8 Å². The predicted octanol–water partition coefficient (Wildman–Crippen LogP) is 3.91. The smallest absolute Gasteiger partial charge is 0.119 e. The average Bonchev–Trinajstić information content (AvgIpc) is 2.53. The van der Waals surface area contributed by atoms with E-state index < -0.39 is 0 Å². The molecule has 0 fully saturated rings. The molecule has 0 aliphatic heterocycles. The van der Waals surface area contributed by atoms with Gasteiger partial charge in [-0.3, -0.25) is 0 Å². The minimum Gasteiger partial charge on any atom is -0.497 e. The largest absolute Gasteiger partial charge is 0.497 e. The van der Waals surface area contributed by atoms with Gasteiger partial charge in [0.05, 0.1) is 7.11 Å². The summed E-state index contributed by atoms with van der Waals surface area (Å²) in [5.41, 5.74) is 1.11. The summed E-state index contributed by atoms with van der Waals surface area (Å²) in [6, 6.07) is 16.0. The van der Waals surface area contributed by atoms with Crippen LogP contribution < -0.4 is 14.8 Å². The molecule has 0 radical (unpaired) electrons. The van der Waals surface area contributed by atoms with Crippen molar-refractivity contribution in [1.82, 2.24) is 0 Å². The second-order valence-corrected chi connectivity index (χ2v) is 5.06. The molecule has 0 aliphatic rings. The molecule has 20 heavy (non-hydrogen) atoms. The van der Waals surface area contributed by atoms with Crippen molar-refractivity contribution in [1.29, 1.82) is 0 Å². The lowest BCUT2D eigenvalue weighted by atomic mass is 10.3. The molecule has 0 aromatic heterocycles. The SMILES string of the molecule is COc1ccc(OCCNc2ccc(SC)cc2)cc1. The number of ether oxygens (including phenoxy) is 2. The van der Waals surface area contributed by atoms with Crippen LogP contribution in [0.25, 0.3) is 0 Å². The molecular weight excluding hydrogens is 270 g/mol. The van der Waals surface area contributed by atoms with E-state index in [-0.39, 0.29) is 0 Å². The fraction of sp³-hybridized carbons (Fsp3) is 0.250. The third-order valence-corrected chi connectivity index (χ3v) is 3.59. The summed E-state index contributed by atoms with van der Waals surface area (Å²) in [7, 11) is 1.65. The van der Waals surface area contributed by atoms with Gasteiger partial charge in [0, 0.05) is 17.1 Å². The van der Waals surface area contributed by atoms with Crippen molar-refractivity contribution in [3.05, 3.63) is 48.5 Å². The van der Waals surface area contributed by atoms with Gasteiger partial charge in [0.15, 0.2) is 0 Å². The second-order valence-electron chi connectivity index (χ2n) is 4.18. The van der Waals surface area contributed by atoms with Crippen LogP contribution in [-0.2, 0) is 0 Å². The Balaban J connectivity index is 1.72. The molecule has 0 heterocycles. The van der Waals surface area contributed by atoms with Crippen LogP contribution >= 0.6 is 11.8 Å². The minimum absolute atomic E-state index is 0.622. The van der Waals surface area contributed by atoms with Crippen molar-refractivity contribution in [3.63, 3.8) is 0 Å². The topological polar surface area (TPSA) is 30.5 Å². The fourth-order valence-electron chi connectivity index (χ4n) is 1.75. The number of thioether (sulfide) groups is 1. The summed E-state index contributed by atoms with van der Waals surface area (Å²) in [4.78, 5) is 1.27. The molecule has 0 atom stereocenters. The molecule has 4 heteroatoms. The lowest BCUT2D eigenvalue weighted by Crippen LogP contribution is -2.11. The Hall–Kier alpha value is -1.81. The lowest BCUT2D eigenvalue weighted by molar-refractivity contribution is 0.332. The number of hydrogen-bond donors (Lipinski definition) is 1. The van der Waals surface area contributed by atoms with Gasteiger partial charge < -0.3 is 14.8 Å². The Bertz CT molecular complexity index is 462. The highest BCUT2D eigenvalue weighted by Gasteiger charge is 1.96. The number of methoxy groups -OCH3 is 1. The van der Waals surface area contributed by atoms with E-state index in [9.17, 15) is 0 Å². The summed E-state index contributed by atoms with van der Waals surface area (Å²) < 4.78 is 10.8. The van der Waals surface area contributed by atoms with Gasteiger partial charge in [-0.15, -0.1) is 11.8 Å². The molecule has 0 aliphatic carbocycles. The Kier molecular flexibility index (Phi) is 5.62. The average molecular weight is 289 g/mol. The van der Waals surface area contributed by atoms with Crippen LogP contribution in [0.15, 0.2) is 53.4 Å². The normalized spacial score (nSPS) is 10.1. The number of nitrogens with one attached hydrogen (secondary N) is 1. The maximum atomic E-state index is 5.65. The predicted molar refractivity (Wildman–Crippen MR) is 85.2 cm³/mol. The Labute approximate surface area is 124 Å². The van der Waals surface area contributed by atoms with E-state index in [2.05, 4.69) is 35.8 Å². The fourth-order valence-corrected chi connectivity index (χ4v) is 2.15. The lowest BCUT2D eigenvalue weighted by Gasteiger charge is -2.09. The Morgan fingerprint density at radius 1 is 0.950 bits per heavy atom. The molecule has 106 valence electrons. The number of hydrogen-bond acceptors (Lipinski definition) is 4. The number of rotatable bonds is 7. The third-order valence-electron chi connectivity index (χ3n) is 2.85. The molecule has 2 rings (SSSR count). The highest BCUT2D eigenvalue weighted by Crippen LogP contribution is 2.18. The summed E-state index contributed by atoms with van der Waals surface area (Å²) in [6.45, 7) is 1.39. The van der Waals surface area contributed by atoms with Crippen molar-refractivity contribution in [2.45, 2.75) is 4.90 Å². The van der Waals surface area contributed by atoms with Gasteiger partial charge in [-0.2, -0.15) is 0 Å². The van der Waals surface area contributed by atoms with Gasteiger partial charge in [-0.1, -0.05) is 0 Å². The first-order valence-corrected chi connectivity index (χ1v) is 7.69. The van der Waals surface area contributed by atoms with Gasteiger partial charge >= 0.3 is 0 Å². The molecule has 2 aromatic carbocycles. The Morgan fingerprint density at radius 3 is 2.20 bits per heavy atom. The van der Waals surface area contributed by atoms with Crippen LogP contribution in [0.3, 0.4) is 0 Å². The van der Waals surface area contributed by atoms with E-state index in [1.807, 2.05) is 24.3 Å². The van der Waals surface area contributed by atoms with E-state index in [1.54, 1.807) is 18.9 Å². The first-order chi connectivity index (χ1) is 9.81. The molecule has 1 N–H and O–H groups in total. The monoisotopic (exact) mass is 289 g/mol. The van der Waals surface area contributed by atoms with Crippen LogP contribution in [0, 0.1) is 0 Å². The zero-order chi connectivity index (χ0) is 14.2. The second kappa shape index (κ2) is 7.70. The Morgan fingerprint density at radius 2 is 1.60 bits per heavy atom. The van der Waals surface area contributed by atoms with E-state index >= 15 is 0 Å². The molecule has 2 aromatic rings. The highest BCUT2D eigenvalue weighted by atomic mass is 32.2. The van der Waals surface area contributed by atoms with Gasteiger partial charge in [0.2, 0.25) is 0 Å². The van der Waals surface area contributed by atoms with Gasteiger partial charge in [0.25, 0.3) is 0 Å². The maximum Gasteiger partial charge on any atom is 0.119 e. The summed E-state index contributed by atoms with van der Waals surface area (Å²) in [6.07, 6.45) is 2.07. The van der Waals surface area contributed by atoms with Gasteiger partial charge in [0.1, 0.15) is 18.1 Å². The van der Waals surface area contributed by atoms with Crippen molar-refractivity contribution in [2.24, 2.45) is 0 Å².